The minimum Gasteiger partial charge on any atom is -0.379 e. The van der Waals surface area contributed by atoms with Crippen LogP contribution in [-0.2, 0) is 17.8 Å². The smallest absolute Gasteiger partial charge is 0.191 e. The van der Waals surface area contributed by atoms with E-state index >= 15 is 0 Å². The molecular weight excluding hydrogens is 450 g/mol. The normalized spacial score (nSPS) is 18.7. The first-order valence-electron chi connectivity index (χ1n) is 12.0. The summed E-state index contributed by atoms with van der Waals surface area (Å²) in [5.74, 6) is 2.68. The van der Waals surface area contributed by atoms with Crippen LogP contribution in [0.15, 0.2) is 53.0 Å². The lowest BCUT2D eigenvalue weighted by Crippen LogP contribution is -2.37. The highest BCUT2D eigenvalue weighted by Gasteiger charge is 2.26. The van der Waals surface area contributed by atoms with E-state index in [0.717, 1.165) is 82.8 Å². The number of hydrogen-bond acceptors (Lipinski definition) is 7. The molecule has 0 spiro atoms. The van der Waals surface area contributed by atoms with E-state index in [0.29, 0.717) is 5.92 Å². The van der Waals surface area contributed by atoms with E-state index in [9.17, 15) is 0 Å². The minimum absolute atomic E-state index is 0.481. The lowest BCUT2D eigenvalue weighted by Gasteiger charge is -2.31. The summed E-state index contributed by atoms with van der Waals surface area (Å²) >= 11 is 3.70. The molecule has 2 aliphatic heterocycles. The molecule has 1 aromatic carbocycles. The molecule has 33 heavy (non-hydrogen) atoms. The van der Waals surface area contributed by atoms with Crippen LogP contribution in [0.1, 0.15) is 35.0 Å². The van der Waals surface area contributed by atoms with Gasteiger partial charge in [-0.3, -0.25) is 9.80 Å². The number of thiophene rings is 1. The number of rotatable bonds is 9. The molecule has 2 fully saturated rings. The van der Waals surface area contributed by atoms with Crippen molar-refractivity contribution in [3.05, 3.63) is 64.1 Å². The molecule has 2 aromatic heterocycles. The predicted molar refractivity (Wildman–Crippen MR) is 135 cm³/mol. The SMILES string of the molecule is c1ccc(Cn2c(SCCN3CCOCC3)nnc2C2CCN(Cc3cccs3)CC2)cc1. The molecule has 2 saturated heterocycles. The van der Waals surface area contributed by atoms with Crippen LogP contribution in [-0.4, -0.2) is 76.3 Å². The maximum atomic E-state index is 5.48. The van der Waals surface area contributed by atoms with Gasteiger partial charge in [-0.05, 0) is 42.9 Å². The van der Waals surface area contributed by atoms with E-state index in [1.165, 1.54) is 16.3 Å². The van der Waals surface area contributed by atoms with Gasteiger partial charge in [-0.2, -0.15) is 0 Å². The Morgan fingerprint density at radius 3 is 2.48 bits per heavy atom. The number of thioether (sulfide) groups is 1. The molecule has 6 nitrogen and oxygen atoms in total. The van der Waals surface area contributed by atoms with E-state index in [1.807, 2.05) is 23.1 Å². The van der Waals surface area contributed by atoms with E-state index in [2.05, 4.69) is 67.3 Å². The van der Waals surface area contributed by atoms with Crippen molar-refractivity contribution in [2.75, 3.05) is 51.7 Å². The highest BCUT2D eigenvalue weighted by molar-refractivity contribution is 7.99. The van der Waals surface area contributed by atoms with Crippen LogP contribution < -0.4 is 0 Å². The van der Waals surface area contributed by atoms with E-state index in [1.54, 1.807) is 0 Å². The third kappa shape index (κ3) is 6.25. The van der Waals surface area contributed by atoms with Crippen molar-refractivity contribution in [3.63, 3.8) is 0 Å². The number of aromatic nitrogens is 3. The number of nitrogens with zero attached hydrogens (tertiary/aromatic N) is 5. The number of benzene rings is 1. The fourth-order valence-electron chi connectivity index (χ4n) is 4.69. The molecule has 0 aliphatic carbocycles. The molecular formula is C25H33N5OS2. The van der Waals surface area contributed by atoms with Gasteiger partial charge in [0.25, 0.3) is 0 Å². The van der Waals surface area contributed by atoms with Gasteiger partial charge >= 0.3 is 0 Å². The second-order valence-corrected chi connectivity index (χ2v) is 10.9. The molecule has 2 aliphatic rings. The lowest BCUT2D eigenvalue weighted by atomic mass is 9.95. The molecule has 0 radical (unpaired) electrons. The Morgan fingerprint density at radius 2 is 1.73 bits per heavy atom. The summed E-state index contributed by atoms with van der Waals surface area (Å²) in [5, 5.41) is 12.6. The Kier molecular flexibility index (Phi) is 8.12. The number of ether oxygens (including phenoxy) is 1. The average molecular weight is 484 g/mol. The molecule has 5 rings (SSSR count). The van der Waals surface area contributed by atoms with Crippen LogP contribution in [0.3, 0.4) is 0 Å². The van der Waals surface area contributed by atoms with Gasteiger partial charge in [-0.25, -0.2) is 0 Å². The van der Waals surface area contributed by atoms with Crippen molar-refractivity contribution in [1.82, 2.24) is 24.6 Å². The lowest BCUT2D eigenvalue weighted by molar-refractivity contribution is 0.0410. The quantitative estimate of drug-likeness (QED) is 0.425. The first-order valence-corrected chi connectivity index (χ1v) is 13.9. The first kappa shape index (κ1) is 23.1. The van der Waals surface area contributed by atoms with E-state index in [-0.39, 0.29) is 0 Å². The topological polar surface area (TPSA) is 46.4 Å². The maximum Gasteiger partial charge on any atom is 0.191 e. The highest BCUT2D eigenvalue weighted by Crippen LogP contribution is 2.31. The van der Waals surface area contributed by atoms with Crippen molar-refractivity contribution in [3.8, 4) is 0 Å². The Hall–Kier alpha value is -1.71. The van der Waals surface area contributed by atoms with Crippen molar-refractivity contribution < 1.29 is 4.74 Å². The van der Waals surface area contributed by atoms with Crippen LogP contribution in [0.4, 0.5) is 0 Å². The third-order valence-corrected chi connectivity index (χ3v) is 8.39. The highest BCUT2D eigenvalue weighted by atomic mass is 32.2. The van der Waals surface area contributed by atoms with Crippen molar-refractivity contribution in [2.45, 2.75) is 37.0 Å². The van der Waals surface area contributed by atoms with Crippen molar-refractivity contribution in [1.29, 1.82) is 0 Å². The zero-order valence-corrected chi connectivity index (χ0v) is 20.8. The van der Waals surface area contributed by atoms with E-state index < -0.39 is 0 Å². The summed E-state index contributed by atoms with van der Waals surface area (Å²) < 4.78 is 7.87. The summed E-state index contributed by atoms with van der Waals surface area (Å²) in [6.07, 6.45) is 2.30. The van der Waals surface area contributed by atoms with Gasteiger partial charge in [-0.1, -0.05) is 48.2 Å². The van der Waals surface area contributed by atoms with Gasteiger partial charge in [0.15, 0.2) is 5.16 Å². The molecule has 4 heterocycles. The standard InChI is InChI=1S/C25H33N5OS2/c1-2-5-21(6-3-1)19-30-24(22-8-10-29(11-9-22)20-23-7-4-17-32-23)26-27-25(30)33-18-14-28-12-15-31-16-13-28/h1-7,17,22H,8-16,18-20H2. The number of piperidine rings is 1. The Balaban J connectivity index is 1.25. The number of morpholine rings is 1. The third-order valence-electron chi connectivity index (χ3n) is 6.58. The second kappa shape index (κ2) is 11.6. The second-order valence-electron chi connectivity index (χ2n) is 8.84. The zero-order valence-electron chi connectivity index (χ0n) is 19.1. The van der Waals surface area contributed by atoms with Gasteiger partial charge in [0.05, 0.1) is 19.8 Å². The molecule has 3 aromatic rings. The molecule has 0 atom stereocenters. The molecule has 0 bridgehead atoms. The Labute approximate surface area is 205 Å². The number of hydrogen-bond donors (Lipinski definition) is 0. The summed E-state index contributed by atoms with van der Waals surface area (Å²) in [6.45, 7) is 9.01. The van der Waals surface area contributed by atoms with Crippen LogP contribution in [0.25, 0.3) is 0 Å². The first-order chi connectivity index (χ1) is 16.3. The summed E-state index contributed by atoms with van der Waals surface area (Å²) in [6, 6.07) is 15.1. The van der Waals surface area contributed by atoms with E-state index in [4.69, 9.17) is 9.84 Å². The largest absolute Gasteiger partial charge is 0.379 e. The maximum absolute atomic E-state index is 5.48. The molecule has 8 heteroatoms. The van der Waals surface area contributed by atoms with Crippen LogP contribution in [0.5, 0.6) is 0 Å². The summed E-state index contributed by atoms with van der Waals surface area (Å²) in [7, 11) is 0. The Bertz CT molecular complexity index is 964. The summed E-state index contributed by atoms with van der Waals surface area (Å²) in [5.41, 5.74) is 1.31. The zero-order chi connectivity index (χ0) is 22.3. The summed E-state index contributed by atoms with van der Waals surface area (Å²) in [4.78, 5) is 6.52. The molecule has 0 saturated carbocycles. The monoisotopic (exact) mass is 483 g/mol. The van der Waals surface area contributed by atoms with Gasteiger partial charge in [0, 0.05) is 42.7 Å². The molecule has 0 amide bonds. The van der Waals surface area contributed by atoms with Crippen LogP contribution in [0.2, 0.25) is 0 Å². The van der Waals surface area contributed by atoms with Crippen molar-refractivity contribution in [2.24, 2.45) is 0 Å². The van der Waals surface area contributed by atoms with Crippen molar-refractivity contribution >= 4 is 23.1 Å². The van der Waals surface area contributed by atoms with Crippen LogP contribution >= 0.6 is 23.1 Å². The fraction of sp³-hybridized carbons (Fsp3) is 0.520. The fourth-order valence-corrected chi connectivity index (χ4v) is 6.38. The van der Waals surface area contributed by atoms with Gasteiger partial charge in [0.2, 0.25) is 0 Å². The molecule has 0 N–H and O–H groups in total. The predicted octanol–water partition coefficient (Wildman–Crippen LogP) is 4.19. The van der Waals surface area contributed by atoms with Crippen LogP contribution in [0, 0.1) is 0 Å². The molecule has 176 valence electrons. The average Bonchev–Trinajstić information content (AvgIpc) is 3.51. The van der Waals surface area contributed by atoms with Gasteiger partial charge in [0.1, 0.15) is 5.82 Å². The minimum atomic E-state index is 0.481. The number of likely N-dealkylation sites (tertiary alicyclic amines) is 1. The van der Waals surface area contributed by atoms with Gasteiger partial charge in [-0.15, -0.1) is 21.5 Å². The van der Waals surface area contributed by atoms with Gasteiger partial charge < -0.3 is 9.30 Å². The Morgan fingerprint density at radius 1 is 0.909 bits per heavy atom. The molecule has 0 unspecified atom stereocenters.